The molecule has 0 fully saturated rings. The summed E-state index contributed by atoms with van der Waals surface area (Å²) in [6, 6.07) is 67.2. The van der Waals surface area contributed by atoms with Crippen LogP contribution in [0.4, 0.5) is 0 Å². The average molecular weight is 747 g/mol. The molecule has 0 amide bonds. The Morgan fingerprint density at radius 2 is 0.966 bits per heavy atom. The van der Waals surface area contributed by atoms with Crippen LogP contribution in [-0.2, 0) is 0 Å². The highest BCUT2D eigenvalue weighted by Crippen LogP contribution is 2.48. The van der Waals surface area contributed by atoms with Crippen molar-refractivity contribution < 1.29 is 0 Å². The Balaban J connectivity index is 1.13. The minimum atomic E-state index is 1.01. The minimum Gasteiger partial charge on any atom is -0.309 e. The van der Waals surface area contributed by atoms with Gasteiger partial charge in [-0.3, -0.25) is 4.40 Å². The molecule has 6 aromatic heterocycles. The lowest BCUT2D eigenvalue weighted by atomic mass is 9.95. The predicted octanol–water partition coefficient (Wildman–Crippen LogP) is 14.5. The van der Waals surface area contributed by atoms with Crippen molar-refractivity contribution in [3.05, 3.63) is 182 Å². The van der Waals surface area contributed by atoms with E-state index >= 15 is 0 Å². The standard InChI is InChI=1S/C55H30N4/c1-2-15-34(16-3-1)57-45-23-10-8-19-37(45)42-28-33(25-26-47(42)57)41-27-31-13-4-6-17-35(31)49-39-21-12-22-40-51-48(58(52(39)40)53(41)49)30-44-50-36-18-7-5-14-32(36)29-43-38-20-9-11-24-46(38)59(54(43)50)55(44)56-51/h1-30H. The van der Waals surface area contributed by atoms with Gasteiger partial charge in [0.25, 0.3) is 0 Å². The van der Waals surface area contributed by atoms with E-state index in [1.54, 1.807) is 0 Å². The van der Waals surface area contributed by atoms with Crippen LogP contribution in [-0.4, -0.2) is 18.4 Å². The van der Waals surface area contributed by atoms with E-state index in [4.69, 9.17) is 4.98 Å². The number of hydrogen-bond donors (Lipinski definition) is 0. The van der Waals surface area contributed by atoms with Gasteiger partial charge in [-0.1, -0.05) is 127 Å². The summed E-state index contributed by atoms with van der Waals surface area (Å²) < 4.78 is 7.37. The van der Waals surface area contributed by atoms with Gasteiger partial charge in [-0.15, -0.1) is 0 Å². The molecule has 270 valence electrons. The highest BCUT2D eigenvalue weighted by molar-refractivity contribution is 6.34. The van der Waals surface area contributed by atoms with Crippen LogP contribution in [0.3, 0.4) is 0 Å². The first-order chi connectivity index (χ1) is 29.3. The summed E-state index contributed by atoms with van der Waals surface area (Å²) in [5, 5.41) is 16.2. The molecule has 0 unspecified atom stereocenters. The van der Waals surface area contributed by atoms with Crippen molar-refractivity contribution in [2.75, 3.05) is 0 Å². The Morgan fingerprint density at radius 3 is 1.78 bits per heavy atom. The number of fused-ring (bicyclic) bond motifs is 19. The number of rotatable bonds is 2. The first-order valence-corrected chi connectivity index (χ1v) is 20.4. The van der Waals surface area contributed by atoms with Crippen molar-refractivity contribution in [2.45, 2.75) is 0 Å². The lowest BCUT2D eigenvalue weighted by Crippen LogP contribution is -1.93. The maximum Gasteiger partial charge on any atom is 0.146 e. The van der Waals surface area contributed by atoms with Crippen molar-refractivity contribution >= 4 is 120 Å². The fraction of sp³-hybridized carbons (Fsp3) is 0. The molecule has 0 aliphatic heterocycles. The van der Waals surface area contributed by atoms with Crippen LogP contribution in [0.5, 0.6) is 0 Å². The van der Waals surface area contributed by atoms with Crippen molar-refractivity contribution in [1.29, 1.82) is 0 Å². The Labute approximate surface area is 335 Å². The van der Waals surface area contributed by atoms with E-state index in [9.17, 15) is 0 Å². The Hall–Kier alpha value is -7.95. The lowest BCUT2D eigenvalue weighted by molar-refractivity contribution is 1.18. The summed E-state index contributed by atoms with van der Waals surface area (Å²) in [4.78, 5) is 5.73. The summed E-state index contributed by atoms with van der Waals surface area (Å²) >= 11 is 0. The fourth-order valence-electron chi connectivity index (χ4n) is 11.1. The number of nitrogens with zero attached hydrogens (tertiary/aromatic N) is 4. The molecule has 0 bridgehead atoms. The van der Waals surface area contributed by atoms with Crippen LogP contribution >= 0.6 is 0 Å². The van der Waals surface area contributed by atoms with Gasteiger partial charge >= 0.3 is 0 Å². The van der Waals surface area contributed by atoms with Gasteiger partial charge in [-0.2, -0.15) is 0 Å². The zero-order valence-corrected chi connectivity index (χ0v) is 31.6. The highest BCUT2D eigenvalue weighted by atomic mass is 15.0. The summed E-state index contributed by atoms with van der Waals surface area (Å²) in [7, 11) is 0. The third-order valence-electron chi connectivity index (χ3n) is 13.4. The van der Waals surface area contributed by atoms with Crippen LogP contribution in [0.15, 0.2) is 182 Å². The molecular formula is C55H30N4. The van der Waals surface area contributed by atoms with Gasteiger partial charge in [0.2, 0.25) is 0 Å². The molecule has 15 rings (SSSR count). The van der Waals surface area contributed by atoms with Gasteiger partial charge in [0.05, 0.1) is 44.1 Å². The molecule has 0 aliphatic carbocycles. The van der Waals surface area contributed by atoms with Gasteiger partial charge in [0.15, 0.2) is 0 Å². The molecular weight excluding hydrogens is 717 g/mol. The van der Waals surface area contributed by atoms with E-state index in [1.807, 2.05) is 0 Å². The SMILES string of the molecule is c1ccc(-n2c3ccccc3c3cc(-c4cc5ccccc5c5c6cccc7c8nc9c(cc8n(c45)c76)c4c5ccccc5cc5c6ccccc6n9c54)ccc32)cc1. The normalized spacial score (nSPS) is 12.7. The summed E-state index contributed by atoms with van der Waals surface area (Å²) in [5.74, 6) is 0. The van der Waals surface area contributed by atoms with Crippen molar-refractivity contribution in [1.82, 2.24) is 18.4 Å². The molecule has 4 heteroatoms. The molecule has 0 atom stereocenters. The van der Waals surface area contributed by atoms with Gasteiger partial charge in [-0.25, -0.2) is 4.98 Å². The topological polar surface area (TPSA) is 26.6 Å². The number of pyridine rings is 1. The molecule has 0 saturated carbocycles. The third-order valence-corrected chi connectivity index (χ3v) is 13.4. The van der Waals surface area contributed by atoms with E-state index in [0.29, 0.717) is 0 Å². The van der Waals surface area contributed by atoms with E-state index in [1.165, 1.54) is 114 Å². The van der Waals surface area contributed by atoms with Crippen LogP contribution in [0, 0.1) is 0 Å². The van der Waals surface area contributed by atoms with Gasteiger partial charge in [0, 0.05) is 59.7 Å². The fourth-order valence-corrected chi connectivity index (χ4v) is 11.1. The monoisotopic (exact) mass is 746 g/mol. The minimum absolute atomic E-state index is 1.01. The molecule has 15 aromatic rings. The second-order valence-corrected chi connectivity index (χ2v) is 16.3. The number of aromatic nitrogens is 4. The summed E-state index contributed by atoms with van der Waals surface area (Å²) in [6.07, 6.45) is 0. The molecule has 59 heavy (non-hydrogen) atoms. The van der Waals surface area contributed by atoms with Gasteiger partial charge < -0.3 is 8.97 Å². The molecule has 0 aliphatic rings. The van der Waals surface area contributed by atoms with Crippen molar-refractivity contribution in [3.8, 4) is 16.8 Å². The second kappa shape index (κ2) is 10.5. The van der Waals surface area contributed by atoms with Crippen LogP contribution in [0.25, 0.3) is 137 Å². The second-order valence-electron chi connectivity index (χ2n) is 16.3. The average Bonchev–Trinajstić information content (AvgIpc) is 4.08. The zero-order chi connectivity index (χ0) is 38.1. The predicted molar refractivity (Wildman–Crippen MR) is 248 cm³/mol. The van der Waals surface area contributed by atoms with E-state index in [-0.39, 0.29) is 0 Å². The maximum absolute atomic E-state index is 5.73. The van der Waals surface area contributed by atoms with Crippen LogP contribution < -0.4 is 0 Å². The third kappa shape index (κ3) is 3.60. The molecule has 9 aromatic carbocycles. The van der Waals surface area contributed by atoms with Crippen molar-refractivity contribution in [2.24, 2.45) is 0 Å². The van der Waals surface area contributed by atoms with Gasteiger partial charge in [-0.05, 0) is 81.7 Å². The van der Waals surface area contributed by atoms with Crippen molar-refractivity contribution in [3.63, 3.8) is 0 Å². The lowest BCUT2D eigenvalue weighted by Gasteiger charge is -2.11. The molecule has 0 spiro atoms. The summed E-state index contributed by atoms with van der Waals surface area (Å²) in [5.41, 5.74) is 14.1. The Bertz CT molecular complexity index is 4300. The Morgan fingerprint density at radius 1 is 0.339 bits per heavy atom. The number of para-hydroxylation sites is 4. The van der Waals surface area contributed by atoms with E-state index in [2.05, 4.69) is 195 Å². The Kier molecular flexibility index (Phi) is 5.38. The highest BCUT2D eigenvalue weighted by Gasteiger charge is 2.26. The van der Waals surface area contributed by atoms with Crippen LogP contribution in [0.1, 0.15) is 0 Å². The molecule has 4 nitrogen and oxygen atoms in total. The van der Waals surface area contributed by atoms with Crippen LogP contribution in [0.2, 0.25) is 0 Å². The summed E-state index contributed by atoms with van der Waals surface area (Å²) in [6.45, 7) is 0. The smallest absolute Gasteiger partial charge is 0.146 e. The molecule has 0 N–H and O–H groups in total. The van der Waals surface area contributed by atoms with Gasteiger partial charge in [0.1, 0.15) is 5.65 Å². The zero-order valence-electron chi connectivity index (χ0n) is 31.6. The molecule has 6 heterocycles. The largest absolute Gasteiger partial charge is 0.309 e. The first kappa shape index (κ1) is 30.2. The van der Waals surface area contributed by atoms with E-state index in [0.717, 1.165) is 22.4 Å². The molecule has 0 saturated heterocycles. The molecule has 0 radical (unpaired) electrons. The maximum atomic E-state index is 5.73. The first-order valence-electron chi connectivity index (χ1n) is 20.4. The number of hydrogen-bond acceptors (Lipinski definition) is 1. The van der Waals surface area contributed by atoms with E-state index < -0.39 is 0 Å². The number of benzene rings is 9. The quantitative estimate of drug-likeness (QED) is 0.173.